The number of pyridine rings is 1. The largest absolute Gasteiger partial charge is 0.352 e. The Hall–Kier alpha value is -1.42. The van der Waals surface area contributed by atoms with Crippen LogP contribution in [0.5, 0.6) is 0 Å². The van der Waals surface area contributed by atoms with Gasteiger partial charge in [-0.05, 0) is 18.1 Å². The van der Waals surface area contributed by atoms with Crippen LogP contribution in [0.3, 0.4) is 0 Å². The molecule has 1 saturated heterocycles. The van der Waals surface area contributed by atoms with Gasteiger partial charge in [0.2, 0.25) is 0 Å². The second-order valence-corrected chi connectivity index (χ2v) is 4.17. The van der Waals surface area contributed by atoms with E-state index < -0.39 is 0 Å². The van der Waals surface area contributed by atoms with Crippen molar-refractivity contribution in [1.29, 1.82) is 0 Å². The molecule has 15 heavy (non-hydrogen) atoms. The zero-order valence-corrected chi connectivity index (χ0v) is 8.36. The lowest BCUT2D eigenvalue weighted by molar-refractivity contribution is 0.0952. The van der Waals surface area contributed by atoms with Crippen molar-refractivity contribution in [3.05, 3.63) is 29.6 Å². The van der Waals surface area contributed by atoms with Gasteiger partial charge in [-0.2, -0.15) is 0 Å². The first-order valence-corrected chi connectivity index (χ1v) is 5.30. The third-order valence-corrected chi connectivity index (χ3v) is 3.30. The van der Waals surface area contributed by atoms with Crippen LogP contribution in [0, 0.1) is 5.92 Å². The number of hydrogen-bond donors (Lipinski definition) is 2. The molecule has 78 valence electrons. The highest BCUT2D eigenvalue weighted by atomic mass is 16.1. The van der Waals surface area contributed by atoms with Crippen LogP contribution < -0.4 is 10.6 Å². The van der Waals surface area contributed by atoms with E-state index in [4.69, 9.17) is 0 Å². The van der Waals surface area contributed by atoms with Gasteiger partial charge in [0.15, 0.2) is 0 Å². The molecule has 1 aromatic rings. The third-order valence-electron chi connectivity index (χ3n) is 3.30. The van der Waals surface area contributed by atoms with Gasteiger partial charge in [0.25, 0.3) is 5.91 Å². The number of hydrogen-bond acceptors (Lipinski definition) is 3. The van der Waals surface area contributed by atoms with Gasteiger partial charge in [-0.1, -0.05) is 0 Å². The molecule has 1 fully saturated rings. The normalized spacial score (nSPS) is 28.9. The number of fused-ring (bicyclic) bond motifs is 3. The van der Waals surface area contributed by atoms with E-state index in [0.717, 1.165) is 30.9 Å². The Morgan fingerprint density at radius 3 is 3.20 bits per heavy atom. The number of amides is 1. The smallest absolute Gasteiger partial charge is 0.253 e. The van der Waals surface area contributed by atoms with Gasteiger partial charge < -0.3 is 10.6 Å². The van der Waals surface area contributed by atoms with Gasteiger partial charge in [-0.25, -0.2) is 0 Å². The quantitative estimate of drug-likeness (QED) is 0.630. The minimum atomic E-state index is 0.0208. The second-order valence-electron chi connectivity index (χ2n) is 4.17. The van der Waals surface area contributed by atoms with Crippen molar-refractivity contribution < 1.29 is 4.79 Å². The van der Waals surface area contributed by atoms with E-state index in [-0.39, 0.29) is 5.91 Å². The van der Waals surface area contributed by atoms with E-state index in [2.05, 4.69) is 15.6 Å². The Kier molecular flexibility index (Phi) is 1.95. The Morgan fingerprint density at radius 1 is 1.33 bits per heavy atom. The first kappa shape index (κ1) is 8.85. The lowest BCUT2D eigenvalue weighted by Crippen LogP contribution is -2.28. The monoisotopic (exact) mass is 203 g/mol. The Labute approximate surface area is 88.1 Å². The fraction of sp³-hybridized carbons (Fsp3) is 0.455. The van der Waals surface area contributed by atoms with Crippen molar-refractivity contribution in [3.63, 3.8) is 0 Å². The molecular weight excluding hydrogens is 190 g/mol. The average molecular weight is 203 g/mol. The molecule has 2 aliphatic heterocycles. The highest BCUT2D eigenvalue weighted by Crippen LogP contribution is 2.30. The van der Waals surface area contributed by atoms with Crippen LogP contribution in [0.4, 0.5) is 0 Å². The average Bonchev–Trinajstić information content (AvgIpc) is 2.69. The molecule has 1 aromatic heterocycles. The van der Waals surface area contributed by atoms with Crippen molar-refractivity contribution in [3.8, 4) is 0 Å². The van der Waals surface area contributed by atoms with Gasteiger partial charge in [-0.15, -0.1) is 0 Å². The van der Waals surface area contributed by atoms with Crippen molar-refractivity contribution in [1.82, 2.24) is 15.6 Å². The number of nitrogens with one attached hydrogen (secondary N) is 2. The SMILES string of the molecule is O=C1NCC2CNC[C@H]2c2ncccc21. The van der Waals surface area contributed by atoms with E-state index in [0.29, 0.717) is 11.8 Å². The molecule has 2 atom stereocenters. The van der Waals surface area contributed by atoms with Crippen molar-refractivity contribution in [2.45, 2.75) is 5.92 Å². The number of carbonyl (C=O) groups excluding carboxylic acids is 1. The zero-order valence-electron chi connectivity index (χ0n) is 8.36. The molecule has 2 N–H and O–H groups in total. The first-order chi connectivity index (χ1) is 7.36. The predicted octanol–water partition coefficient (Wildman–Crippen LogP) is 0.128. The molecule has 0 spiro atoms. The molecule has 0 bridgehead atoms. The Morgan fingerprint density at radius 2 is 2.27 bits per heavy atom. The lowest BCUT2D eigenvalue weighted by atomic mass is 9.91. The van der Waals surface area contributed by atoms with Crippen molar-refractivity contribution in [2.75, 3.05) is 19.6 Å². The van der Waals surface area contributed by atoms with Gasteiger partial charge in [0.05, 0.1) is 11.3 Å². The van der Waals surface area contributed by atoms with Gasteiger partial charge in [0.1, 0.15) is 0 Å². The van der Waals surface area contributed by atoms with E-state index in [1.54, 1.807) is 6.20 Å². The van der Waals surface area contributed by atoms with Crippen LogP contribution >= 0.6 is 0 Å². The van der Waals surface area contributed by atoms with Crippen LogP contribution in [0.15, 0.2) is 18.3 Å². The van der Waals surface area contributed by atoms with Crippen LogP contribution in [0.25, 0.3) is 0 Å². The Balaban J connectivity index is 2.11. The maximum atomic E-state index is 11.8. The van der Waals surface area contributed by atoms with Gasteiger partial charge in [0, 0.05) is 31.7 Å². The summed E-state index contributed by atoms with van der Waals surface area (Å²) >= 11 is 0. The van der Waals surface area contributed by atoms with Crippen molar-refractivity contribution >= 4 is 5.91 Å². The van der Waals surface area contributed by atoms with Crippen LogP contribution in [0.1, 0.15) is 22.0 Å². The number of rotatable bonds is 0. The first-order valence-electron chi connectivity index (χ1n) is 5.30. The summed E-state index contributed by atoms with van der Waals surface area (Å²) in [5, 5.41) is 6.31. The van der Waals surface area contributed by atoms with Crippen LogP contribution in [-0.2, 0) is 0 Å². The lowest BCUT2D eigenvalue weighted by Gasteiger charge is -2.14. The van der Waals surface area contributed by atoms with E-state index in [9.17, 15) is 4.79 Å². The van der Waals surface area contributed by atoms with E-state index in [1.807, 2.05) is 12.1 Å². The third kappa shape index (κ3) is 1.33. The molecule has 3 rings (SSSR count). The summed E-state index contributed by atoms with van der Waals surface area (Å²) in [6.45, 7) is 2.66. The molecule has 3 heterocycles. The summed E-state index contributed by atoms with van der Waals surface area (Å²) in [6, 6.07) is 3.68. The molecule has 1 unspecified atom stereocenters. The molecule has 0 aromatic carbocycles. The summed E-state index contributed by atoms with van der Waals surface area (Å²) in [6.07, 6.45) is 1.77. The van der Waals surface area contributed by atoms with Crippen LogP contribution in [-0.4, -0.2) is 30.5 Å². The number of aromatic nitrogens is 1. The zero-order chi connectivity index (χ0) is 10.3. The molecule has 2 aliphatic rings. The van der Waals surface area contributed by atoms with Gasteiger partial charge in [-0.3, -0.25) is 9.78 Å². The Bertz CT molecular complexity index is 405. The predicted molar refractivity (Wildman–Crippen MR) is 55.7 cm³/mol. The second kappa shape index (κ2) is 3.31. The molecule has 4 heteroatoms. The minimum absolute atomic E-state index is 0.0208. The maximum absolute atomic E-state index is 11.8. The van der Waals surface area contributed by atoms with Crippen molar-refractivity contribution in [2.24, 2.45) is 5.92 Å². The summed E-state index contributed by atoms with van der Waals surface area (Å²) < 4.78 is 0. The standard InChI is InChI=1S/C11H13N3O/c15-11-8-2-1-3-13-10(8)9-6-12-4-7(9)5-14-11/h1-3,7,9,12H,4-6H2,(H,14,15)/t7?,9-/m1/s1. The fourth-order valence-electron chi connectivity index (χ4n) is 2.49. The molecule has 0 radical (unpaired) electrons. The number of carbonyl (C=O) groups is 1. The van der Waals surface area contributed by atoms with Crippen LogP contribution in [0.2, 0.25) is 0 Å². The van der Waals surface area contributed by atoms with Gasteiger partial charge >= 0.3 is 0 Å². The summed E-state index contributed by atoms with van der Waals surface area (Å²) in [5.74, 6) is 0.901. The minimum Gasteiger partial charge on any atom is -0.352 e. The summed E-state index contributed by atoms with van der Waals surface area (Å²) in [4.78, 5) is 16.1. The summed E-state index contributed by atoms with van der Waals surface area (Å²) in [7, 11) is 0. The summed E-state index contributed by atoms with van der Waals surface area (Å²) in [5.41, 5.74) is 1.70. The highest BCUT2D eigenvalue weighted by Gasteiger charge is 2.34. The highest BCUT2D eigenvalue weighted by molar-refractivity contribution is 5.95. The molecule has 4 nitrogen and oxygen atoms in total. The van der Waals surface area contributed by atoms with E-state index in [1.165, 1.54) is 0 Å². The number of nitrogens with zero attached hydrogens (tertiary/aromatic N) is 1. The molecular formula is C11H13N3O. The maximum Gasteiger partial charge on any atom is 0.253 e. The topological polar surface area (TPSA) is 54.0 Å². The van der Waals surface area contributed by atoms with E-state index >= 15 is 0 Å². The molecule has 1 amide bonds. The molecule has 0 aliphatic carbocycles. The molecule has 0 saturated carbocycles. The fourth-order valence-corrected chi connectivity index (χ4v) is 2.49.